The zero-order valence-electron chi connectivity index (χ0n) is 12.8. The van der Waals surface area contributed by atoms with Crippen molar-refractivity contribution in [3.8, 4) is 0 Å². The first-order valence-electron chi connectivity index (χ1n) is 6.57. The summed E-state index contributed by atoms with van der Waals surface area (Å²) in [4.78, 5) is 29.2. The second kappa shape index (κ2) is 11.0. The molecule has 1 aliphatic heterocycles. The number of phosphoric ester groups is 1. The lowest BCUT2D eigenvalue weighted by atomic mass is 10.1. The van der Waals surface area contributed by atoms with Gasteiger partial charge in [0.05, 0.1) is 6.61 Å². The first-order chi connectivity index (χ1) is 11.1. The van der Waals surface area contributed by atoms with E-state index in [4.69, 9.17) is 25.9 Å². The second-order valence-electron chi connectivity index (χ2n) is 4.44. The highest BCUT2D eigenvalue weighted by atomic mass is 31.2. The number of carbonyl (C=O) groups is 2. The molecule has 1 rings (SSSR count). The minimum absolute atomic E-state index is 0.0166. The van der Waals surface area contributed by atoms with Crippen LogP contribution in [0.2, 0.25) is 0 Å². The second-order valence-corrected chi connectivity index (χ2v) is 6.00. The molecule has 0 saturated heterocycles. The fourth-order valence-corrected chi connectivity index (χ4v) is 1.71. The third-order valence-corrected chi connectivity index (χ3v) is 3.59. The summed E-state index contributed by atoms with van der Waals surface area (Å²) >= 11 is 0. The number of hydrogen-bond acceptors (Lipinski definition) is 9. The molecular weight excluding hydrogens is 347 g/mol. The minimum Gasteiger partial charge on any atom is -0.388 e. The quantitative estimate of drug-likeness (QED) is 0.204. The lowest BCUT2D eigenvalue weighted by molar-refractivity contribution is -0.127. The zero-order valence-corrected chi connectivity index (χ0v) is 13.7. The molecule has 0 aromatic rings. The van der Waals surface area contributed by atoms with Crippen molar-refractivity contribution in [2.75, 3.05) is 13.7 Å². The molecular formula is C12H21N2O9P. The number of nitrogens with two attached hydrogens (primary N) is 1. The Morgan fingerprint density at radius 3 is 2.50 bits per heavy atom. The summed E-state index contributed by atoms with van der Waals surface area (Å²) < 4.78 is 19.0. The Kier molecular flexibility index (Phi) is 10.3. The molecule has 4 atom stereocenters. The van der Waals surface area contributed by atoms with Crippen LogP contribution in [0.3, 0.4) is 0 Å². The number of carbonyl (C=O) groups excluding carboxylic acids is 2. The number of primary amides is 1. The average molecular weight is 368 g/mol. The average Bonchev–Trinajstić information content (AvgIpc) is 2.59. The molecule has 1 amide bonds. The van der Waals surface area contributed by atoms with Gasteiger partial charge in [-0.15, -0.1) is 0 Å². The normalized spacial score (nSPS) is 19.5. The third-order valence-electron chi connectivity index (χ3n) is 2.65. The van der Waals surface area contributed by atoms with Gasteiger partial charge in [0.25, 0.3) is 0 Å². The Morgan fingerprint density at radius 2 is 2.12 bits per heavy atom. The van der Waals surface area contributed by atoms with Gasteiger partial charge in [-0.25, -0.2) is 4.57 Å². The van der Waals surface area contributed by atoms with Crippen LogP contribution in [0.5, 0.6) is 0 Å². The van der Waals surface area contributed by atoms with E-state index in [9.17, 15) is 14.2 Å². The molecule has 24 heavy (non-hydrogen) atoms. The Morgan fingerprint density at radius 1 is 1.50 bits per heavy atom. The smallest absolute Gasteiger partial charge is 0.388 e. The van der Waals surface area contributed by atoms with Crippen LogP contribution in [0, 0.1) is 0 Å². The van der Waals surface area contributed by atoms with Crippen molar-refractivity contribution in [2.24, 2.45) is 5.73 Å². The summed E-state index contributed by atoms with van der Waals surface area (Å²) in [5.41, 5.74) is 5.61. The standard InChI is InChI=1S/C6H8N2O.C6H13O8P/c7-6(9)5-2-1-3-8-4-5;1-13-15(11,12)14-3-5(9)6(10)4(8)2-7/h1,3-4,8H,2H2,(H2,7,9);2,4-6,8-10H,3H2,1H3,(H,11,12)/t;4-,5+,6-/m.0/s1. The van der Waals surface area contributed by atoms with Crippen LogP contribution in [0.25, 0.3) is 0 Å². The van der Waals surface area contributed by atoms with E-state index in [0.717, 1.165) is 7.11 Å². The van der Waals surface area contributed by atoms with Crippen LogP contribution in [-0.4, -0.2) is 64.4 Å². The Hall–Kier alpha value is -1.59. The van der Waals surface area contributed by atoms with Gasteiger partial charge in [0.1, 0.15) is 18.3 Å². The summed E-state index contributed by atoms with van der Waals surface area (Å²) in [6.07, 6.45) is 0.629. The summed E-state index contributed by atoms with van der Waals surface area (Å²) in [5, 5.41) is 29.7. The summed E-state index contributed by atoms with van der Waals surface area (Å²) in [5.74, 6) is -0.355. The number of dihydropyridines is 1. The van der Waals surface area contributed by atoms with Crippen LogP contribution in [0.15, 0.2) is 24.0 Å². The third kappa shape index (κ3) is 8.89. The maximum absolute atomic E-state index is 10.7. The number of aldehydes is 1. The molecule has 0 spiro atoms. The van der Waals surface area contributed by atoms with Gasteiger partial charge in [-0.2, -0.15) is 0 Å². The molecule has 0 aromatic carbocycles. The van der Waals surface area contributed by atoms with E-state index in [1.54, 1.807) is 12.4 Å². The van der Waals surface area contributed by atoms with Crippen LogP contribution < -0.4 is 11.1 Å². The first-order valence-corrected chi connectivity index (χ1v) is 8.06. The maximum Gasteiger partial charge on any atom is 0.472 e. The Balaban J connectivity index is 0.000000496. The van der Waals surface area contributed by atoms with Gasteiger partial charge in [-0.1, -0.05) is 6.08 Å². The molecule has 0 aliphatic carbocycles. The Labute approximate surface area is 138 Å². The molecule has 0 fully saturated rings. The summed E-state index contributed by atoms with van der Waals surface area (Å²) in [7, 11) is -3.33. The molecule has 138 valence electrons. The fourth-order valence-electron chi connectivity index (χ4n) is 1.26. The molecule has 7 N–H and O–H groups in total. The number of phosphoric acid groups is 1. The van der Waals surface area contributed by atoms with Crippen molar-refractivity contribution in [3.05, 3.63) is 24.0 Å². The van der Waals surface area contributed by atoms with Gasteiger partial charge in [0.2, 0.25) is 5.91 Å². The van der Waals surface area contributed by atoms with Crippen molar-refractivity contribution in [1.29, 1.82) is 0 Å². The topological polar surface area (TPSA) is 189 Å². The van der Waals surface area contributed by atoms with E-state index in [1.807, 2.05) is 6.08 Å². The van der Waals surface area contributed by atoms with Crippen molar-refractivity contribution >= 4 is 20.0 Å². The monoisotopic (exact) mass is 368 g/mol. The number of nitrogens with one attached hydrogen (secondary N) is 1. The SMILES string of the molecule is COP(=O)(O)OC[C@@H](O)[C@@H](O)[C@@H](O)C=O.NC(=O)C1=CNC=CC1. The molecule has 1 unspecified atom stereocenters. The van der Waals surface area contributed by atoms with E-state index >= 15 is 0 Å². The maximum atomic E-state index is 10.7. The van der Waals surface area contributed by atoms with Gasteiger partial charge < -0.3 is 36.1 Å². The molecule has 1 heterocycles. The van der Waals surface area contributed by atoms with E-state index in [1.165, 1.54) is 0 Å². The fraction of sp³-hybridized carbons (Fsp3) is 0.500. The van der Waals surface area contributed by atoms with Gasteiger partial charge in [-0.3, -0.25) is 13.8 Å². The zero-order chi connectivity index (χ0) is 18.8. The first kappa shape index (κ1) is 22.4. The lowest BCUT2D eigenvalue weighted by Crippen LogP contribution is -2.40. The number of amides is 1. The van der Waals surface area contributed by atoms with Crippen LogP contribution >= 0.6 is 7.82 Å². The van der Waals surface area contributed by atoms with E-state index in [2.05, 4.69) is 14.4 Å². The van der Waals surface area contributed by atoms with E-state index in [-0.39, 0.29) is 12.2 Å². The van der Waals surface area contributed by atoms with Crippen molar-refractivity contribution in [3.63, 3.8) is 0 Å². The number of hydrogen-bond donors (Lipinski definition) is 6. The molecule has 0 saturated carbocycles. The number of allylic oxidation sites excluding steroid dienone is 1. The highest BCUT2D eigenvalue weighted by Crippen LogP contribution is 2.41. The number of aliphatic hydroxyl groups is 3. The predicted octanol–water partition coefficient (Wildman–Crippen LogP) is -2.11. The van der Waals surface area contributed by atoms with Gasteiger partial charge in [0, 0.05) is 18.9 Å². The molecule has 12 heteroatoms. The largest absolute Gasteiger partial charge is 0.472 e. The highest BCUT2D eigenvalue weighted by Gasteiger charge is 2.28. The molecule has 0 radical (unpaired) electrons. The van der Waals surface area contributed by atoms with E-state index in [0.29, 0.717) is 12.0 Å². The number of rotatable bonds is 8. The van der Waals surface area contributed by atoms with Gasteiger partial charge >= 0.3 is 7.82 Å². The van der Waals surface area contributed by atoms with Crippen molar-refractivity contribution < 1.29 is 43.4 Å². The molecule has 0 aromatic heterocycles. The predicted molar refractivity (Wildman–Crippen MR) is 81.0 cm³/mol. The highest BCUT2D eigenvalue weighted by molar-refractivity contribution is 7.47. The lowest BCUT2D eigenvalue weighted by Gasteiger charge is -2.19. The van der Waals surface area contributed by atoms with Gasteiger partial charge in [0.15, 0.2) is 6.29 Å². The number of aliphatic hydroxyl groups excluding tert-OH is 3. The summed E-state index contributed by atoms with van der Waals surface area (Å²) in [6, 6.07) is 0. The van der Waals surface area contributed by atoms with Gasteiger partial charge in [-0.05, 0) is 12.6 Å². The molecule has 11 nitrogen and oxygen atoms in total. The van der Waals surface area contributed by atoms with Crippen LogP contribution in [0.1, 0.15) is 6.42 Å². The van der Waals surface area contributed by atoms with Crippen molar-refractivity contribution in [1.82, 2.24) is 5.32 Å². The Bertz CT molecular complexity index is 523. The molecule has 1 aliphatic rings. The molecule has 0 bridgehead atoms. The summed E-state index contributed by atoms with van der Waals surface area (Å²) in [6.45, 7) is -0.756. The van der Waals surface area contributed by atoms with Crippen LogP contribution in [-0.2, 0) is 23.2 Å². The van der Waals surface area contributed by atoms with Crippen LogP contribution in [0.4, 0.5) is 0 Å². The van der Waals surface area contributed by atoms with Crippen molar-refractivity contribution in [2.45, 2.75) is 24.7 Å². The van der Waals surface area contributed by atoms with E-state index < -0.39 is 32.7 Å². The minimum atomic E-state index is -4.25.